The van der Waals surface area contributed by atoms with Gasteiger partial charge in [-0.05, 0) is 35.0 Å². The minimum absolute atomic E-state index is 0.324. The predicted molar refractivity (Wildman–Crippen MR) is 66.0 cm³/mol. The van der Waals surface area contributed by atoms with Gasteiger partial charge < -0.3 is 9.73 Å². The van der Waals surface area contributed by atoms with Gasteiger partial charge in [-0.25, -0.2) is 0 Å². The normalized spacial score (nSPS) is 12.9. The van der Waals surface area contributed by atoms with E-state index in [1.165, 1.54) is 10.4 Å². The van der Waals surface area contributed by atoms with Crippen molar-refractivity contribution in [2.45, 2.75) is 19.5 Å². The highest BCUT2D eigenvalue weighted by Gasteiger charge is 2.06. The second-order valence-electron chi connectivity index (χ2n) is 3.39. The molecule has 0 fully saturated rings. The van der Waals surface area contributed by atoms with E-state index in [0.717, 1.165) is 11.0 Å². The minimum atomic E-state index is 0.324. The Labute approximate surface area is 101 Å². The number of rotatable bonds is 4. The molecule has 1 unspecified atom stereocenters. The summed E-state index contributed by atoms with van der Waals surface area (Å²) >= 11 is 5.20. The summed E-state index contributed by atoms with van der Waals surface area (Å²) in [6.07, 6.45) is 3.48. The van der Waals surface area contributed by atoms with Crippen LogP contribution in [0.4, 0.5) is 0 Å². The summed E-state index contributed by atoms with van der Waals surface area (Å²) in [5.41, 5.74) is 1.19. The van der Waals surface area contributed by atoms with Crippen LogP contribution in [0.2, 0.25) is 0 Å². The van der Waals surface area contributed by atoms with Crippen LogP contribution in [0.25, 0.3) is 0 Å². The van der Waals surface area contributed by atoms with Gasteiger partial charge in [0.15, 0.2) is 0 Å². The highest BCUT2D eigenvalue weighted by atomic mass is 79.9. The van der Waals surface area contributed by atoms with Crippen LogP contribution in [0.5, 0.6) is 0 Å². The molecule has 2 heterocycles. The molecule has 1 N–H and O–H groups in total. The lowest BCUT2D eigenvalue weighted by Crippen LogP contribution is -2.16. The van der Waals surface area contributed by atoms with Gasteiger partial charge in [0.25, 0.3) is 0 Å². The zero-order chi connectivity index (χ0) is 10.7. The molecular formula is C11H12BrNOS. The lowest BCUT2D eigenvalue weighted by Gasteiger charge is -2.10. The quantitative estimate of drug-likeness (QED) is 0.920. The van der Waals surface area contributed by atoms with Crippen LogP contribution in [0, 0.1) is 0 Å². The Kier molecular flexibility index (Phi) is 3.61. The van der Waals surface area contributed by atoms with Gasteiger partial charge in [0.1, 0.15) is 0 Å². The SMILES string of the molecule is CC(NCc1cc(Br)cs1)c1ccoc1. The average molecular weight is 286 g/mol. The topological polar surface area (TPSA) is 25.2 Å². The van der Waals surface area contributed by atoms with Crippen molar-refractivity contribution in [2.24, 2.45) is 0 Å². The first-order valence-electron chi connectivity index (χ1n) is 4.74. The first-order valence-corrected chi connectivity index (χ1v) is 6.41. The van der Waals surface area contributed by atoms with Crippen LogP contribution in [0.1, 0.15) is 23.4 Å². The van der Waals surface area contributed by atoms with E-state index in [0.29, 0.717) is 6.04 Å². The van der Waals surface area contributed by atoms with Crippen LogP contribution < -0.4 is 5.32 Å². The maximum atomic E-state index is 5.05. The summed E-state index contributed by atoms with van der Waals surface area (Å²) in [4.78, 5) is 1.33. The van der Waals surface area contributed by atoms with Crippen molar-refractivity contribution in [3.05, 3.63) is 45.0 Å². The molecule has 2 aromatic rings. The third kappa shape index (κ3) is 2.93. The zero-order valence-electron chi connectivity index (χ0n) is 8.37. The Morgan fingerprint density at radius 1 is 1.60 bits per heavy atom. The second kappa shape index (κ2) is 4.96. The molecule has 0 aliphatic carbocycles. The molecule has 0 radical (unpaired) electrons. The van der Waals surface area contributed by atoms with Gasteiger partial charge in [-0.2, -0.15) is 0 Å². The molecule has 0 saturated heterocycles. The molecule has 4 heteroatoms. The van der Waals surface area contributed by atoms with Crippen molar-refractivity contribution in [3.8, 4) is 0 Å². The van der Waals surface area contributed by atoms with Crippen LogP contribution in [0.3, 0.4) is 0 Å². The molecule has 2 nitrogen and oxygen atoms in total. The van der Waals surface area contributed by atoms with E-state index in [1.807, 2.05) is 6.07 Å². The predicted octanol–water partition coefficient (Wildman–Crippen LogP) is 3.95. The van der Waals surface area contributed by atoms with Crippen molar-refractivity contribution in [1.29, 1.82) is 0 Å². The first kappa shape index (κ1) is 10.9. The van der Waals surface area contributed by atoms with E-state index < -0.39 is 0 Å². The summed E-state index contributed by atoms with van der Waals surface area (Å²) in [5.74, 6) is 0. The number of furan rings is 1. The Balaban J connectivity index is 1.88. The molecule has 0 spiro atoms. The molecule has 15 heavy (non-hydrogen) atoms. The Bertz CT molecular complexity index is 410. The standard InChI is InChI=1S/C11H12BrNOS/c1-8(9-2-3-14-6-9)13-5-11-4-10(12)7-15-11/h2-4,6-8,13H,5H2,1H3. The van der Waals surface area contributed by atoms with Gasteiger partial charge in [-0.15, -0.1) is 11.3 Å². The van der Waals surface area contributed by atoms with E-state index in [9.17, 15) is 0 Å². The van der Waals surface area contributed by atoms with Crippen LogP contribution in [-0.2, 0) is 6.54 Å². The Morgan fingerprint density at radius 3 is 3.07 bits per heavy atom. The molecule has 0 saturated carbocycles. The van der Waals surface area contributed by atoms with E-state index in [4.69, 9.17) is 4.42 Å². The fraction of sp³-hybridized carbons (Fsp3) is 0.273. The lowest BCUT2D eigenvalue weighted by atomic mass is 10.2. The molecule has 0 aliphatic heterocycles. The van der Waals surface area contributed by atoms with Crippen molar-refractivity contribution in [1.82, 2.24) is 5.32 Å². The van der Waals surface area contributed by atoms with Crippen LogP contribution in [-0.4, -0.2) is 0 Å². The summed E-state index contributed by atoms with van der Waals surface area (Å²) in [6.45, 7) is 3.02. The first-order chi connectivity index (χ1) is 7.25. The zero-order valence-corrected chi connectivity index (χ0v) is 10.8. The molecule has 1 atom stereocenters. The fourth-order valence-corrected chi connectivity index (χ4v) is 2.74. The fourth-order valence-electron chi connectivity index (χ4n) is 1.34. The molecular weight excluding hydrogens is 274 g/mol. The Morgan fingerprint density at radius 2 is 2.47 bits per heavy atom. The molecule has 0 aromatic carbocycles. The highest BCUT2D eigenvalue weighted by Crippen LogP contribution is 2.20. The molecule has 2 rings (SSSR count). The largest absolute Gasteiger partial charge is 0.472 e. The smallest absolute Gasteiger partial charge is 0.0950 e. The van der Waals surface area contributed by atoms with Crippen molar-refractivity contribution < 1.29 is 4.42 Å². The second-order valence-corrected chi connectivity index (χ2v) is 5.30. The van der Waals surface area contributed by atoms with Crippen molar-refractivity contribution in [3.63, 3.8) is 0 Å². The summed E-state index contributed by atoms with van der Waals surface area (Å²) in [5, 5.41) is 5.54. The average Bonchev–Trinajstić information content (AvgIpc) is 2.84. The van der Waals surface area contributed by atoms with Gasteiger partial charge in [-0.3, -0.25) is 0 Å². The van der Waals surface area contributed by atoms with E-state index in [-0.39, 0.29) is 0 Å². The van der Waals surface area contributed by atoms with Crippen LogP contribution >= 0.6 is 27.3 Å². The monoisotopic (exact) mass is 285 g/mol. The van der Waals surface area contributed by atoms with Gasteiger partial charge in [0.2, 0.25) is 0 Å². The molecule has 0 bridgehead atoms. The number of thiophene rings is 1. The van der Waals surface area contributed by atoms with E-state index in [2.05, 4.69) is 39.6 Å². The highest BCUT2D eigenvalue weighted by molar-refractivity contribution is 9.10. The molecule has 0 aliphatic rings. The maximum absolute atomic E-state index is 5.05. The van der Waals surface area contributed by atoms with Gasteiger partial charge in [0.05, 0.1) is 12.5 Å². The third-order valence-electron chi connectivity index (χ3n) is 2.25. The van der Waals surface area contributed by atoms with Crippen molar-refractivity contribution >= 4 is 27.3 Å². The van der Waals surface area contributed by atoms with Gasteiger partial charge in [-0.1, -0.05) is 0 Å². The summed E-state index contributed by atoms with van der Waals surface area (Å²) < 4.78 is 6.20. The third-order valence-corrected chi connectivity index (χ3v) is 3.95. The number of hydrogen-bond donors (Lipinski definition) is 1. The molecule has 0 amide bonds. The Hall–Kier alpha value is -0.580. The van der Waals surface area contributed by atoms with E-state index >= 15 is 0 Å². The molecule has 2 aromatic heterocycles. The number of hydrogen-bond acceptors (Lipinski definition) is 3. The lowest BCUT2D eigenvalue weighted by molar-refractivity contribution is 0.540. The molecule has 80 valence electrons. The summed E-state index contributed by atoms with van der Waals surface area (Å²) in [7, 11) is 0. The van der Waals surface area contributed by atoms with Crippen LogP contribution in [0.15, 0.2) is 38.9 Å². The van der Waals surface area contributed by atoms with Crippen molar-refractivity contribution in [2.75, 3.05) is 0 Å². The number of halogens is 1. The maximum Gasteiger partial charge on any atom is 0.0950 e. The van der Waals surface area contributed by atoms with Gasteiger partial charge in [0, 0.05) is 32.9 Å². The minimum Gasteiger partial charge on any atom is -0.472 e. The van der Waals surface area contributed by atoms with Gasteiger partial charge >= 0.3 is 0 Å². The van der Waals surface area contributed by atoms with E-state index in [1.54, 1.807) is 23.9 Å². The number of nitrogens with one attached hydrogen (secondary N) is 1. The summed E-state index contributed by atoms with van der Waals surface area (Å²) in [6, 6.07) is 4.45.